The summed E-state index contributed by atoms with van der Waals surface area (Å²) in [4.78, 5) is 39.3. The Morgan fingerprint density at radius 3 is 2.34 bits per heavy atom. The third kappa shape index (κ3) is 6.01. The second kappa shape index (κ2) is 9.61. The van der Waals surface area contributed by atoms with E-state index in [0.717, 1.165) is 16.7 Å². The molecule has 1 aliphatic heterocycles. The molecule has 8 heteroatoms. The first kappa shape index (κ1) is 23.6. The number of nitrogens with one attached hydrogen (secondary N) is 1. The third-order valence-corrected chi connectivity index (χ3v) is 5.40. The van der Waals surface area contributed by atoms with Crippen LogP contribution in [0, 0.1) is 0 Å². The smallest absolute Gasteiger partial charge is 0.411 e. The number of hydrogen-bond donors (Lipinski definition) is 2. The van der Waals surface area contributed by atoms with Gasteiger partial charge >= 0.3 is 12.1 Å². The number of benzene rings is 2. The van der Waals surface area contributed by atoms with Gasteiger partial charge in [0.1, 0.15) is 17.7 Å². The van der Waals surface area contributed by atoms with Crippen LogP contribution in [-0.2, 0) is 33.7 Å². The number of ether oxygens (including phenoxy) is 1. The molecule has 3 rings (SSSR count). The van der Waals surface area contributed by atoms with Crippen LogP contribution in [0.3, 0.4) is 0 Å². The second-order valence-corrected chi connectivity index (χ2v) is 9.26. The van der Waals surface area contributed by atoms with E-state index in [9.17, 15) is 19.5 Å². The number of carboxylic acids is 1. The Morgan fingerprint density at radius 2 is 1.75 bits per heavy atom. The van der Waals surface area contributed by atoms with Gasteiger partial charge in [-0.2, -0.15) is 0 Å². The zero-order valence-corrected chi connectivity index (χ0v) is 19.1. The summed E-state index contributed by atoms with van der Waals surface area (Å²) in [5.41, 5.74) is 1.86. The maximum atomic E-state index is 13.2. The Labute approximate surface area is 192 Å². The summed E-state index contributed by atoms with van der Waals surface area (Å²) in [6.07, 6.45) is -0.251. The van der Waals surface area contributed by atoms with Gasteiger partial charge in [0.2, 0.25) is 5.91 Å². The van der Waals surface area contributed by atoms with E-state index >= 15 is 0 Å². The molecule has 32 heavy (non-hydrogen) atoms. The van der Waals surface area contributed by atoms with Crippen molar-refractivity contribution in [1.82, 2.24) is 10.2 Å². The lowest BCUT2D eigenvalue weighted by Crippen LogP contribution is -2.56. The summed E-state index contributed by atoms with van der Waals surface area (Å²) in [6.45, 7) is 5.47. The predicted molar refractivity (Wildman–Crippen MR) is 120 cm³/mol. The average molecular weight is 459 g/mol. The zero-order chi connectivity index (χ0) is 23.5. The number of hydrogen-bond acceptors (Lipinski definition) is 4. The second-order valence-electron chi connectivity index (χ2n) is 8.83. The van der Waals surface area contributed by atoms with E-state index in [4.69, 9.17) is 16.3 Å². The minimum Gasteiger partial charge on any atom is -0.480 e. The molecular formula is C24H27ClN2O5. The molecule has 1 heterocycles. The van der Waals surface area contributed by atoms with Gasteiger partial charge in [-0.05, 0) is 49.6 Å². The van der Waals surface area contributed by atoms with Gasteiger partial charge in [-0.15, -0.1) is 0 Å². The van der Waals surface area contributed by atoms with Crippen LogP contribution in [0.5, 0.6) is 0 Å². The molecule has 2 atom stereocenters. The van der Waals surface area contributed by atoms with E-state index < -0.39 is 35.7 Å². The molecule has 0 aromatic heterocycles. The maximum absolute atomic E-state index is 13.2. The van der Waals surface area contributed by atoms with Crippen molar-refractivity contribution in [3.05, 3.63) is 70.2 Å². The number of carboxylic acid groups (broad SMARTS) is 1. The van der Waals surface area contributed by atoms with Gasteiger partial charge in [0.25, 0.3) is 0 Å². The van der Waals surface area contributed by atoms with Crippen LogP contribution < -0.4 is 5.32 Å². The van der Waals surface area contributed by atoms with Crippen LogP contribution in [0.25, 0.3) is 0 Å². The minimum atomic E-state index is -1.16. The SMILES string of the molecule is CC(C)(C)OC(=O)N1Cc2ccccc2CC1C(=O)N[C@H](Cc1ccc(Cl)cc1)C(=O)O. The first-order valence-electron chi connectivity index (χ1n) is 10.4. The minimum absolute atomic E-state index is 0.0913. The third-order valence-electron chi connectivity index (χ3n) is 5.15. The Bertz CT molecular complexity index is 1000. The lowest BCUT2D eigenvalue weighted by atomic mass is 9.93. The molecule has 2 aromatic rings. The van der Waals surface area contributed by atoms with Crippen LogP contribution in [0.1, 0.15) is 37.5 Å². The van der Waals surface area contributed by atoms with Gasteiger partial charge in [0, 0.05) is 17.9 Å². The molecule has 0 aliphatic carbocycles. The fourth-order valence-corrected chi connectivity index (χ4v) is 3.72. The number of amides is 2. The summed E-state index contributed by atoms with van der Waals surface area (Å²) >= 11 is 5.89. The molecule has 2 aromatic carbocycles. The van der Waals surface area contributed by atoms with Crippen LogP contribution in [0.2, 0.25) is 5.02 Å². The predicted octanol–water partition coefficient (Wildman–Crippen LogP) is 3.81. The average Bonchev–Trinajstić information content (AvgIpc) is 2.72. The fraction of sp³-hybridized carbons (Fsp3) is 0.375. The number of carbonyl (C=O) groups is 3. The molecule has 170 valence electrons. The van der Waals surface area contributed by atoms with E-state index in [-0.39, 0.29) is 19.4 Å². The van der Waals surface area contributed by atoms with Crippen molar-refractivity contribution in [3.8, 4) is 0 Å². The summed E-state index contributed by atoms with van der Waals surface area (Å²) in [5.74, 6) is -1.69. The standard InChI is InChI=1S/C24H27ClN2O5/c1-24(2,3)32-23(31)27-14-17-7-5-4-6-16(17)13-20(27)21(28)26-19(22(29)30)12-15-8-10-18(25)11-9-15/h4-11,19-20H,12-14H2,1-3H3,(H,26,28)(H,29,30)/t19-,20?/m1/s1. The van der Waals surface area contributed by atoms with Gasteiger partial charge in [-0.3, -0.25) is 9.69 Å². The van der Waals surface area contributed by atoms with E-state index in [2.05, 4.69) is 5.32 Å². The highest BCUT2D eigenvalue weighted by atomic mass is 35.5. The molecule has 1 aliphatic rings. The van der Waals surface area contributed by atoms with Crippen LogP contribution >= 0.6 is 11.6 Å². The zero-order valence-electron chi connectivity index (χ0n) is 18.3. The van der Waals surface area contributed by atoms with Crippen LogP contribution in [0.15, 0.2) is 48.5 Å². The molecule has 2 amide bonds. The molecule has 0 saturated carbocycles. The van der Waals surface area contributed by atoms with Gasteiger partial charge < -0.3 is 15.2 Å². The van der Waals surface area contributed by atoms with Crippen molar-refractivity contribution in [3.63, 3.8) is 0 Å². The first-order chi connectivity index (χ1) is 15.0. The normalized spacial score (nSPS) is 16.6. The summed E-state index contributed by atoms with van der Waals surface area (Å²) < 4.78 is 5.51. The number of carbonyl (C=O) groups excluding carboxylic acids is 2. The maximum Gasteiger partial charge on any atom is 0.411 e. The van der Waals surface area contributed by atoms with Crippen molar-refractivity contribution >= 4 is 29.6 Å². The summed E-state index contributed by atoms with van der Waals surface area (Å²) in [7, 11) is 0. The van der Waals surface area contributed by atoms with Gasteiger partial charge in [0.05, 0.1) is 6.54 Å². The van der Waals surface area contributed by atoms with Crippen molar-refractivity contribution in [2.24, 2.45) is 0 Å². The molecule has 0 saturated heterocycles. The van der Waals surface area contributed by atoms with Gasteiger partial charge in [-0.1, -0.05) is 48.0 Å². The monoisotopic (exact) mass is 458 g/mol. The quantitative estimate of drug-likeness (QED) is 0.710. The van der Waals surface area contributed by atoms with Gasteiger partial charge in [0.15, 0.2) is 0 Å². The largest absolute Gasteiger partial charge is 0.480 e. The Hall–Kier alpha value is -3.06. The number of aliphatic carboxylic acids is 1. The van der Waals surface area contributed by atoms with Crippen molar-refractivity contribution in [2.45, 2.75) is 57.8 Å². The van der Waals surface area contributed by atoms with Crippen molar-refractivity contribution in [2.75, 3.05) is 0 Å². The highest BCUT2D eigenvalue weighted by molar-refractivity contribution is 6.30. The number of halogens is 1. The molecule has 0 radical (unpaired) electrons. The lowest BCUT2D eigenvalue weighted by Gasteiger charge is -2.37. The van der Waals surface area contributed by atoms with E-state index in [1.807, 2.05) is 24.3 Å². The summed E-state index contributed by atoms with van der Waals surface area (Å²) in [5, 5.41) is 12.8. The number of nitrogens with zero attached hydrogens (tertiary/aromatic N) is 1. The van der Waals surface area contributed by atoms with Crippen molar-refractivity contribution < 1.29 is 24.2 Å². The molecular weight excluding hydrogens is 432 g/mol. The highest BCUT2D eigenvalue weighted by Crippen LogP contribution is 2.25. The van der Waals surface area contributed by atoms with Crippen LogP contribution in [-0.4, -0.2) is 45.7 Å². The molecule has 1 unspecified atom stereocenters. The Morgan fingerprint density at radius 1 is 1.12 bits per heavy atom. The highest BCUT2D eigenvalue weighted by Gasteiger charge is 2.38. The first-order valence-corrected chi connectivity index (χ1v) is 10.8. The number of fused-ring (bicyclic) bond motifs is 1. The van der Waals surface area contributed by atoms with Crippen molar-refractivity contribution in [1.29, 1.82) is 0 Å². The molecule has 0 bridgehead atoms. The topological polar surface area (TPSA) is 95.9 Å². The molecule has 0 spiro atoms. The van der Waals surface area contributed by atoms with E-state index in [1.54, 1.807) is 45.0 Å². The summed E-state index contributed by atoms with van der Waals surface area (Å²) in [6, 6.07) is 12.3. The van der Waals surface area contributed by atoms with Crippen LogP contribution in [0.4, 0.5) is 4.79 Å². The van der Waals surface area contributed by atoms with E-state index in [0.29, 0.717) is 5.02 Å². The lowest BCUT2D eigenvalue weighted by molar-refractivity contribution is -0.142. The Kier molecular flexibility index (Phi) is 7.09. The molecule has 0 fully saturated rings. The molecule has 2 N–H and O–H groups in total. The fourth-order valence-electron chi connectivity index (χ4n) is 3.59. The molecule has 7 nitrogen and oxygen atoms in total. The van der Waals surface area contributed by atoms with Gasteiger partial charge in [-0.25, -0.2) is 9.59 Å². The Balaban J connectivity index is 1.82. The number of rotatable bonds is 5. The van der Waals surface area contributed by atoms with E-state index in [1.165, 1.54) is 4.90 Å².